The van der Waals surface area contributed by atoms with Gasteiger partial charge < -0.3 is 15.2 Å². The zero-order valence-electron chi connectivity index (χ0n) is 10.7. The van der Waals surface area contributed by atoms with E-state index in [0.717, 1.165) is 11.1 Å². The Kier molecular flexibility index (Phi) is 5.25. The molecule has 0 saturated heterocycles. The van der Waals surface area contributed by atoms with Crippen molar-refractivity contribution in [2.24, 2.45) is 0 Å². The third-order valence-electron chi connectivity index (χ3n) is 2.62. The Morgan fingerprint density at radius 2 is 2.06 bits per heavy atom. The lowest BCUT2D eigenvalue weighted by Crippen LogP contribution is -2.28. The molecule has 0 aliphatic carbocycles. The van der Waals surface area contributed by atoms with Crippen LogP contribution in [0.3, 0.4) is 0 Å². The van der Waals surface area contributed by atoms with Gasteiger partial charge in [-0.3, -0.25) is 0 Å². The number of benzene rings is 1. The van der Waals surface area contributed by atoms with Crippen molar-refractivity contribution in [2.75, 3.05) is 13.7 Å². The van der Waals surface area contributed by atoms with Crippen LogP contribution in [-0.2, 0) is 0 Å². The van der Waals surface area contributed by atoms with Crippen molar-refractivity contribution in [1.29, 1.82) is 0 Å². The number of aliphatic hydroxyl groups is 1. The quantitative estimate of drug-likeness (QED) is 0.852. The van der Waals surface area contributed by atoms with E-state index in [1.54, 1.807) is 13.2 Å². The highest BCUT2D eigenvalue weighted by atomic mass is 35.5. The summed E-state index contributed by atoms with van der Waals surface area (Å²) in [5.74, 6) is 0.636. The Hall–Kier alpha value is -0.770. The summed E-state index contributed by atoms with van der Waals surface area (Å²) in [6.45, 7) is 6.54. The molecule has 17 heavy (non-hydrogen) atoms. The van der Waals surface area contributed by atoms with E-state index in [1.165, 1.54) is 0 Å². The standard InChI is InChI=1S/C13H20ClNO2/c1-8(2)15-7-12(16)10-6-11(14)13(17-4)5-9(10)3/h5-6,8,12,15-16H,7H2,1-4H3. The van der Waals surface area contributed by atoms with Gasteiger partial charge in [0.2, 0.25) is 0 Å². The second kappa shape index (κ2) is 6.24. The fourth-order valence-electron chi connectivity index (χ4n) is 1.64. The Morgan fingerprint density at radius 1 is 1.41 bits per heavy atom. The SMILES string of the molecule is COc1cc(C)c(C(O)CNC(C)C)cc1Cl. The number of hydrogen-bond acceptors (Lipinski definition) is 3. The molecular weight excluding hydrogens is 238 g/mol. The Balaban J connectivity index is 2.86. The third kappa shape index (κ3) is 3.87. The topological polar surface area (TPSA) is 41.5 Å². The van der Waals surface area contributed by atoms with E-state index >= 15 is 0 Å². The molecule has 0 heterocycles. The van der Waals surface area contributed by atoms with E-state index in [4.69, 9.17) is 16.3 Å². The van der Waals surface area contributed by atoms with Crippen LogP contribution < -0.4 is 10.1 Å². The Labute approximate surface area is 108 Å². The summed E-state index contributed by atoms with van der Waals surface area (Å²) in [5.41, 5.74) is 1.81. The molecule has 2 N–H and O–H groups in total. The number of hydrogen-bond donors (Lipinski definition) is 2. The number of ether oxygens (including phenoxy) is 1. The van der Waals surface area contributed by atoms with Crippen LogP contribution >= 0.6 is 11.6 Å². The molecule has 0 amide bonds. The molecule has 0 bridgehead atoms. The van der Waals surface area contributed by atoms with Gasteiger partial charge in [-0.1, -0.05) is 25.4 Å². The molecule has 0 aliphatic heterocycles. The first kappa shape index (κ1) is 14.3. The molecule has 1 rings (SSSR count). The monoisotopic (exact) mass is 257 g/mol. The highest BCUT2D eigenvalue weighted by molar-refractivity contribution is 6.32. The maximum atomic E-state index is 10.1. The molecule has 3 nitrogen and oxygen atoms in total. The molecular formula is C13H20ClNO2. The molecule has 1 aromatic rings. The predicted molar refractivity (Wildman–Crippen MR) is 70.8 cm³/mol. The summed E-state index contributed by atoms with van der Waals surface area (Å²) in [5, 5.41) is 13.8. The normalized spacial score (nSPS) is 12.9. The van der Waals surface area contributed by atoms with Gasteiger partial charge in [-0.2, -0.15) is 0 Å². The number of nitrogens with one attached hydrogen (secondary N) is 1. The van der Waals surface area contributed by atoms with E-state index in [2.05, 4.69) is 5.32 Å². The second-order valence-electron chi connectivity index (χ2n) is 4.42. The van der Waals surface area contributed by atoms with Crippen LogP contribution in [0.15, 0.2) is 12.1 Å². The largest absolute Gasteiger partial charge is 0.495 e. The first-order chi connectivity index (χ1) is 7.95. The minimum absolute atomic E-state index is 0.346. The molecule has 1 unspecified atom stereocenters. The average molecular weight is 258 g/mol. The van der Waals surface area contributed by atoms with Gasteiger partial charge in [0.05, 0.1) is 18.2 Å². The third-order valence-corrected chi connectivity index (χ3v) is 2.91. The number of aliphatic hydroxyl groups excluding tert-OH is 1. The zero-order chi connectivity index (χ0) is 13.0. The predicted octanol–water partition coefficient (Wildman–Crippen LogP) is 2.69. The number of rotatable bonds is 5. The van der Waals surface area contributed by atoms with Gasteiger partial charge in [0, 0.05) is 12.6 Å². The van der Waals surface area contributed by atoms with E-state index in [-0.39, 0.29) is 0 Å². The van der Waals surface area contributed by atoms with E-state index in [1.807, 2.05) is 26.8 Å². The number of halogens is 1. The highest BCUT2D eigenvalue weighted by Gasteiger charge is 2.14. The van der Waals surface area contributed by atoms with Crippen molar-refractivity contribution in [1.82, 2.24) is 5.32 Å². The van der Waals surface area contributed by atoms with Gasteiger partial charge in [-0.15, -0.1) is 0 Å². The zero-order valence-corrected chi connectivity index (χ0v) is 11.5. The average Bonchev–Trinajstić information content (AvgIpc) is 2.28. The van der Waals surface area contributed by atoms with Crippen molar-refractivity contribution in [3.63, 3.8) is 0 Å². The maximum absolute atomic E-state index is 10.1. The molecule has 96 valence electrons. The summed E-state index contributed by atoms with van der Waals surface area (Å²) in [6.07, 6.45) is -0.555. The summed E-state index contributed by atoms with van der Waals surface area (Å²) < 4.78 is 5.13. The Morgan fingerprint density at radius 3 is 2.59 bits per heavy atom. The molecule has 0 aliphatic rings. The summed E-state index contributed by atoms with van der Waals surface area (Å²) in [4.78, 5) is 0. The van der Waals surface area contributed by atoms with Crippen LogP contribution in [0.25, 0.3) is 0 Å². The van der Waals surface area contributed by atoms with Gasteiger partial charge in [0.1, 0.15) is 5.75 Å². The second-order valence-corrected chi connectivity index (χ2v) is 4.83. The summed E-state index contributed by atoms with van der Waals surface area (Å²) in [6, 6.07) is 3.96. The van der Waals surface area contributed by atoms with E-state index < -0.39 is 6.10 Å². The molecule has 1 aromatic carbocycles. The molecule has 0 saturated carbocycles. The van der Waals surface area contributed by atoms with Crippen molar-refractivity contribution in [3.8, 4) is 5.75 Å². The number of methoxy groups -OCH3 is 1. The number of aryl methyl sites for hydroxylation is 1. The van der Waals surface area contributed by atoms with Crippen molar-refractivity contribution in [3.05, 3.63) is 28.3 Å². The summed E-state index contributed by atoms with van der Waals surface area (Å²) in [7, 11) is 1.58. The molecule has 0 spiro atoms. The van der Waals surface area contributed by atoms with E-state index in [9.17, 15) is 5.11 Å². The molecule has 4 heteroatoms. The Bertz CT molecular complexity index is 380. The lowest BCUT2D eigenvalue weighted by molar-refractivity contribution is 0.171. The fraction of sp³-hybridized carbons (Fsp3) is 0.538. The van der Waals surface area contributed by atoms with Gasteiger partial charge in [0.25, 0.3) is 0 Å². The van der Waals surface area contributed by atoms with Gasteiger partial charge in [-0.25, -0.2) is 0 Å². The van der Waals surface area contributed by atoms with Crippen LogP contribution in [0, 0.1) is 6.92 Å². The first-order valence-corrected chi connectivity index (χ1v) is 6.09. The van der Waals surface area contributed by atoms with Gasteiger partial charge in [-0.05, 0) is 30.2 Å². The van der Waals surface area contributed by atoms with Crippen molar-refractivity contribution >= 4 is 11.6 Å². The van der Waals surface area contributed by atoms with Crippen LogP contribution in [0.5, 0.6) is 5.75 Å². The van der Waals surface area contributed by atoms with Crippen LogP contribution in [0.4, 0.5) is 0 Å². The molecule has 0 fully saturated rings. The maximum Gasteiger partial charge on any atom is 0.137 e. The summed E-state index contributed by atoms with van der Waals surface area (Å²) >= 11 is 6.05. The highest BCUT2D eigenvalue weighted by Crippen LogP contribution is 2.30. The van der Waals surface area contributed by atoms with Crippen LogP contribution in [0.1, 0.15) is 31.1 Å². The minimum Gasteiger partial charge on any atom is -0.495 e. The lowest BCUT2D eigenvalue weighted by atomic mass is 10.0. The van der Waals surface area contributed by atoms with Gasteiger partial charge in [0.15, 0.2) is 0 Å². The van der Waals surface area contributed by atoms with Crippen LogP contribution in [0.2, 0.25) is 5.02 Å². The minimum atomic E-state index is -0.555. The van der Waals surface area contributed by atoms with Gasteiger partial charge >= 0.3 is 0 Å². The molecule has 0 radical (unpaired) electrons. The van der Waals surface area contributed by atoms with Crippen LogP contribution in [-0.4, -0.2) is 24.8 Å². The molecule has 0 aromatic heterocycles. The smallest absolute Gasteiger partial charge is 0.137 e. The van der Waals surface area contributed by atoms with Crippen molar-refractivity contribution < 1.29 is 9.84 Å². The lowest BCUT2D eigenvalue weighted by Gasteiger charge is -2.17. The van der Waals surface area contributed by atoms with Crippen molar-refractivity contribution in [2.45, 2.75) is 32.9 Å². The first-order valence-electron chi connectivity index (χ1n) is 5.71. The fourth-order valence-corrected chi connectivity index (χ4v) is 1.89. The van der Waals surface area contributed by atoms with E-state index in [0.29, 0.717) is 23.4 Å². The molecule has 1 atom stereocenters.